The quantitative estimate of drug-likeness (QED) is 0.881. The molecule has 1 saturated heterocycles. The molecule has 21 heavy (non-hydrogen) atoms. The number of hydrogen-bond donors (Lipinski definition) is 2. The molecule has 0 aromatic carbocycles. The first-order valence-electron chi connectivity index (χ1n) is 6.94. The van der Waals surface area contributed by atoms with Crippen molar-refractivity contribution in [3.8, 4) is 0 Å². The molecular weight excluding hydrogens is 290 g/mol. The number of nitrogens with zero attached hydrogens (tertiary/aromatic N) is 3. The lowest BCUT2D eigenvalue weighted by Gasteiger charge is -2.22. The minimum atomic E-state index is -3.55. The lowest BCUT2D eigenvalue weighted by atomic mass is 10.1. The van der Waals surface area contributed by atoms with Crippen LogP contribution in [0.1, 0.15) is 18.9 Å². The monoisotopic (exact) mass is 309 g/mol. The van der Waals surface area contributed by atoms with E-state index >= 15 is 0 Å². The van der Waals surface area contributed by atoms with Crippen molar-refractivity contribution in [1.82, 2.24) is 19.7 Å². The van der Waals surface area contributed by atoms with E-state index < -0.39 is 10.0 Å². The fourth-order valence-corrected chi connectivity index (χ4v) is 3.59. The van der Waals surface area contributed by atoms with Crippen molar-refractivity contribution in [1.29, 1.82) is 0 Å². The van der Waals surface area contributed by atoms with Gasteiger partial charge in [0.1, 0.15) is 4.90 Å². The average Bonchev–Trinajstić information content (AvgIpc) is 3.09. The largest absolute Gasteiger partial charge is 0.356 e. The predicted octanol–water partition coefficient (Wildman–Crippen LogP) is 0.947. The number of nitrogens with one attached hydrogen (secondary N) is 2. The number of anilines is 1. The van der Waals surface area contributed by atoms with Crippen molar-refractivity contribution in [3.63, 3.8) is 0 Å². The molecule has 2 aromatic rings. The summed E-state index contributed by atoms with van der Waals surface area (Å²) in [4.78, 5) is 0.250. The maximum Gasteiger partial charge on any atom is 0.263 e. The van der Waals surface area contributed by atoms with Crippen molar-refractivity contribution in [3.05, 3.63) is 30.9 Å². The van der Waals surface area contributed by atoms with Gasteiger partial charge in [-0.3, -0.25) is 9.40 Å². The topological polar surface area (TPSA) is 81.0 Å². The van der Waals surface area contributed by atoms with Gasteiger partial charge in [-0.05, 0) is 32.0 Å². The Morgan fingerprint density at radius 3 is 2.76 bits per heavy atom. The predicted molar refractivity (Wildman–Crippen MR) is 79.6 cm³/mol. The molecule has 1 aliphatic heterocycles. The van der Waals surface area contributed by atoms with E-state index in [1.54, 1.807) is 42.5 Å². The molecule has 3 rings (SSSR count). The second kappa shape index (κ2) is 5.53. The van der Waals surface area contributed by atoms with E-state index in [9.17, 15) is 8.42 Å². The van der Waals surface area contributed by atoms with Crippen molar-refractivity contribution in [2.75, 3.05) is 17.8 Å². The smallest absolute Gasteiger partial charge is 0.263 e. The molecule has 1 aliphatic rings. The summed E-state index contributed by atoms with van der Waals surface area (Å²) in [5, 5.41) is 7.58. The Morgan fingerprint density at radius 1 is 1.33 bits per heavy atom. The Morgan fingerprint density at radius 2 is 2.10 bits per heavy atom. The lowest BCUT2D eigenvalue weighted by molar-refractivity contribution is 0.343. The highest BCUT2D eigenvalue weighted by Crippen LogP contribution is 2.21. The van der Waals surface area contributed by atoms with Gasteiger partial charge in [0.2, 0.25) is 0 Å². The van der Waals surface area contributed by atoms with Crippen LogP contribution in [0, 0.1) is 0 Å². The normalized spacial score (nSPS) is 17.0. The SMILES string of the molecule is Cn1ccc(S(=O)(=O)Nc2cnn(C3CCNCC3)c2)c1. The number of piperidine rings is 1. The molecule has 114 valence electrons. The molecule has 2 N–H and O–H groups in total. The highest BCUT2D eigenvalue weighted by atomic mass is 32.2. The first-order chi connectivity index (χ1) is 10.0. The van der Waals surface area contributed by atoms with Gasteiger partial charge in [0, 0.05) is 25.6 Å². The molecule has 8 heteroatoms. The maximum absolute atomic E-state index is 12.2. The molecule has 3 heterocycles. The Bertz CT molecular complexity index is 713. The lowest BCUT2D eigenvalue weighted by Crippen LogP contribution is -2.29. The van der Waals surface area contributed by atoms with Gasteiger partial charge in [-0.2, -0.15) is 5.10 Å². The average molecular weight is 309 g/mol. The number of aryl methyl sites for hydroxylation is 1. The molecule has 1 fully saturated rings. The van der Waals surface area contributed by atoms with Crippen LogP contribution in [0.2, 0.25) is 0 Å². The second-order valence-corrected chi connectivity index (χ2v) is 6.99. The van der Waals surface area contributed by atoms with E-state index in [1.807, 2.05) is 4.68 Å². The second-order valence-electron chi connectivity index (χ2n) is 5.31. The van der Waals surface area contributed by atoms with Gasteiger partial charge in [0.25, 0.3) is 10.0 Å². The fraction of sp³-hybridized carbons (Fsp3) is 0.462. The summed E-state index contributed by atoms with van der Waals surface area (Å²) in [6.07, 6.45) is 8.60. The number of hydrogen-bond acceptors (Lipinski definition) is 4. The first kappa shape index (κ1) is 14.2. The molecule has 0 unspecified atom stereocenters. The zero-order chi connectivity index (χ0) is 14.9. The Balaban J connectivity index is 1.74. The maximum atomic E-state index is 12.2. The molecule has 0 bridgehead atoms. The highest BCUT2D eigenvalue weighted by Gasteiger charge is 2.19. The summed E-state index contributed by atoms with van der Waals surface area (Å²) >= 11 is 0. The van der Waals surface area contributed by atoms with Crippen LogP contribution in [0.5, 0.6) is 0 Å². The van der Waals surface area contributed by atoms with E-state index in [2.05, 4.69) is 15.1 Å². The number of aromatic nitrogens is 3. The summed E-state index contributed by atoms with van der Waals surface area (Å²) in [5.74, 6) is 0. The Hall–Kier alpha value is -1.80. The van der Waals surface area contributed by atoms with Gasteiger partial charge in [0.05, 0.1) is 17.9 Å². The van der Waals surface area contributed by atoms with Crippen molar-refractivity contribution in [2.45, 2.75) is 23.8 Å². The Kier molecular flexibility index (Phi) is 3.73. The summed E-state index contributed by atoms with van der Waals surface area (Å²) in [6.45, 7) is 1.94. The van der Waals surface area contributed by atoms with Gasteiger partial charge in [-0.1, -0.05) is 0 Å². The molecule has 0 atom stereocenters. The third-order valence-corrected chi connectivity index (χ3v) is 5.02. The van der Waals surface area contributed by atoms with Gasteiger partial charge < -0.3 is 9.88 Å². The molecule has 2 aromatic heterocycles. The summed E-state index contributed by atoms with van der Waals surface area (Å²) in [6, 6.07) is 1.90. The standard InChI is InChI=1S/C13H19N5O2S/c1-17-7-4-13(10-17)21(19,20)16-11-8-15-18(9-11)12-2-5-14-6-3-12/h4,7-10,12,14,16H,2-3,5-6H2,1H3. The third kappa shape index (κ3) is 3.11. The summed E-state index contributed by atoms with van der Waals surface area (Å²) < 4.78 is 30.6. The zero-order valence-electron chi connectivity index (χ0n) is 11.9. The minimum Gasteiger partial charge on any atom is -0.356 e. The van der Waals surface area contributed by atoms with Crippen LogP contribution in [0.15, 0.2) is 35.7 Å². The van der Waals surface area contributed by atoms with Crippen LogP contribution in [0.25, 0.3) is 0 Å². The fourth-order valence-electron chi connectivity index (χ4n) is 2.51. The molecule has 0 radical (unpaired) electrons. The van der Waals surface area contributed by atoms with E-state index in [-0.39, 0.29) is 4.90 Å². The minimum absolute atomic E-state index is 0.250. The van der Waals surface area contributed by atoms with Crippen LogP contribution in [-0.2, 0) is 17.1 Å². The molecule has 0 saturated carbocycles. The number of rotatable bonds is 4. The zero-order valence-corrected chi connectivity index (χ0v) is 12.7. The van der Waals surface area contributed by atoms with E-state index in [1.165, 1.54) is 0 Å². The van der Waals surface area contributed by atoms with E-state index in [0.717, 1.165) is 25.9 Å². The van der Waals surface area contributed by atoms with E-state index in [0.29, 0.717) is 11.7 Å². The van der Waals surface area contributed by atoms with Crippen LogP contribution in [0.3, 0.4) is 0 Å². The van der Waals surface area contributed by atoms with Gasteiger partial charge in [-0.15, -0.1) is 0 Å². The Labute approximate surface area is 124 Å². The van der Waals surface area contributed by atoms with Crippen LogP contribution < -0.4 is 10.0 Å². The highest BCUT2D eigenvalue weighted by molar-refractivity contribution is 7.92. The molecule has 0 spiro atoms. The molecule has 0 amide bonds. The van der Waals surface area contributed by atoms with Gasteiger partial charge in [-0.25, -0.2) is 8.42 Å². The summed E-state index contributed by atoms with van der Waals surface area (Å²) in [5.41, 5.74) is 0.498. The first-order valence-corrected chi connectivity index (χ1v) is 8.42. The van der Waals surface area contributed by atoms with Gasteiger partial charge >= 0.3 is 0 Å². The van der Waals surface area contributed by atoms with Crippen LogP contribution >= 0.6 is 0 Å². The summed E-state index contributed by atoms with van der Waals surface area (Å²) in [7, 11) is -1.76. The van der Waals surface area contributed by atoms with Crippen molar-refractivity contribution >= 4 is 15.7 Å². The van der Waals surface area contributed by atoms with Crippen molar-refractivity contribution < 1.29 is 8.42 Å². The molecule has 0 aliphatic carbocycles. The van der Waals surface area contributed by atoms with E-state index in [4.69, 9.17) is 0 Å². The van der Waals surface area contributed by atoms with Crippen molar-refractivity contribution in [2.24, 2.45) is 7.05 Å². The van der Waals surface area contributed by atoms with Crippen LogP contribution in [-0.4, -0.2) is 35.9 Å². The third-order valence-electron chi connectivity index (χ3n) is 3.65. The number of sulfonamides is 1. The van der Waals surface area contributed by atoms with Crippen LogP contribution in [0.4, 0.5) is 5.69 Å². The van der Waals surface area contributed by atoms with Gasteiger partial charge in [0.15, 0.2) is 0 Å². The molecular formula is C13H19N5O2S. The molecule has 7 nitrogen and oxygen atoms in total.